The summed E-state index contributed by atoms with van der Waals surface area (Å²) in [7, 11) is 0. The first kappa shape index (κ1) is 15.8. The standard InChI is InChI=1S/C15H23NO3/c1-11-8-12(2)15(13(3)9-11)14(19)10-16(4-6-17)5-7-18/h8-9,17-18H,4-7,10H2,1-3H3. The van der Waals surface area contributed by atoms with E-state index in [4.69, 9.17) is 10.2 Å². The van der Waals surface area contributed by atoms with E-state index in [2.05, 4.69) is 0 Å². The second kappa shape index (κ2) is 7.38. The topological polar surface area (TPSA) is 60.8 Å². The van der Waals surface area contributed by atoms with Crippen molar-refractivity contribution in [2.75, 3.05) is 32.8 Å². The van der Waals surface area contributed by atoms with Crippen LogP contribution in [0.2, 0.25) is 0 Å². The van der Waals surface area contributed by atoms with E-state index in [0.29, 0.717) is 13.1 Å². The van der Waals surface area contributed by atoms with Crippen LogP contribution in [0.1, 0.15) is 27.0 Å². The largest absolute Gasteiger partial charge is 0.395 e. The molecule has 4 nitrogen and oxygen atoms in total. The number of hydrogen-bond donors (Lipinski definition) is 2. The molecule has 1 aromatic rings. The molecule has 0 saturated heterocycles. The Morgan fingerprint density at radius 2 is 1.53 bits per heavy atom. The minimum Gasteiger partial charge on any atom is -0.395 e. The maximum Gasteiger partial charge on any atom is 0.177 e. The minimum atomic E-state index is -0.0147. The molecule has 4 heteroatoms. The zero-order chi connectivity index (χ0) is 14.4. The van der Waals surface area contributed by atoms with Crippen LogP contribution < -0.4 is 0 Å². The van der Waals surface area contributed by atoms with E-state index in [0.717, 1.165) is 22.3 Å². The Balaban J connectivity index is 2.88. The summed E-state index contributed by atoms with van der Waals surface area (Å²) in [5, 5.41) is 17.9. The third-order valence-corrected chi connectivity index (χ3v) is 3.16. The fourth-order valence-corrected chi connectivity index (χ4v) is 2.45. The fourth-order valence-electron chi connectivity index (χ4n) is 2.45. The summed E-state index contributed by atoms with van der Waals surface area (Å²) in [5.74, 6) is 0.0388. The van der Waals surface area contributed by atoms with Crippen LogP contribution in [0, 0.1) is 20.8 Å². The summed E-state index contributed by atoms with van der Waals surface area (Å²) in [6.07, 6.45) is 0. The molecule has 106 valence electrons. The molecule has 1 aromatic carbocycles. The smallest absolute Gasteiger partial charge is 0.177 e. The molecule has 0 atom stereocenters. The number of carbonyl (C=O) groups is 1. The lowest BCUT2D eigenvalue weighted by Crippen LogP contribution is -2.35. The van der Waals surface area contributed by atoms with Crippen LogP contribution in [-0.4, -0.2) is 53.7 Å². The minimum absolute atomic E-state index is 0.0147. The highest BCUT2D eigenvalue weighted by molar-refractivity contribution is 6.00. The van der Waals surface area contributed by atoms with Crippen LogP contribution in [-0.2, 0) is 0 Å². The molecule has 0 aliphatic carbocycles. The molecular formula is C15H23NO3. The number of aliphatic hydroxyl groups excluding tert-OH is 2. The van der Waals surface area contributed by atoms with Gasteiger partial charge in [0.15, 0.2) is 5.78 Å². The monoisotopic (exact) mass is 265 g/mol. The Morgan fingerprint density at radius 3 is 1.95 bits per heavy atom. The summed E-state index contributed by atoms with van der Waals surface area (Å²) >= 11 is 0. The lowest BCUT2D eigenvalue weighted by Gasteiger charge is -2.20. The van der Waals surface area contributed by atoms with Gasteiger partial charge in [-0.15, -0.1) is 0 Å². The lowest BCUT2D eigenvalue weighted by molar-refractivity contribution is 0.0893. The summed E-state index contributed by atoms with van der Waals surface area (Å²) in [6, 6.07) is 4.01. The maximum atomic E-state index is 12.4. The van der Waals surface area contributed by atoms with Crippen LogP contribution >= 0.6 is 0 Å². The van der Waals surface area contributed by atoms with Crippen LogP contribution in [0.3, 0.4) is 0 Å². The van der Waals surface area contributed by atoms with Gasteiger partial charge in [-0.05, 0) is 31.9 Å². The molecule has 19 heavy (non-hydrogen) atoms. The summed E-state index contributed by atoms with van der Waals surface area (Å²) < 4.78 is 0. The number of ketones is 1. The Hall–Kier alpha value is -1.23. The summed E-state index contributed by atoms with van der Waals surface area (Å²) in [5.41, 5.74) is 3.87. The Labute approximate surface area is 114 Å². The van der Waals surface area contributed by atoms with Gasteiger partial charge in [-0.1, -0.05) is 17.7 Å². The third-order valence-electron chi connectivity index (χ3n) is 3.16. The van der Waals surface area contributed by atoms with Gasteiger partial charge in [0.2, 0.25) is 0 Å². The average molecular weight is 265 g/mol. The number of aryl methyl sites for hydroxylation is 3. The first-order valence-corrected chi connectivity index (χ1v) is 6.54. The first-order valence-electron chi connectivity index (χ1n) is 6.54. The predicted octanol–water partition coefficient (Wildman–Crippen LogP) is 1.08. The highest BCUT2D eigenvalue weighted by atomic mass is 16.3. The first-order chi connectivity index (χ1) is 8.99. The molecule has 0 radical (unpaired) electrons. The Morgan fingerprint density at radius 1 is 1.05 bits per heavy atom. The van der Waals surface area contributed by atoms with Crippen molar-refractivity contribution in [3.05, 3.63) is 34.4 Å². The average Bonchev–Trinajstić information content (AvgIpc) is 2.27. The summed E-state index contributed by atoms with van der Waals surface area (Å²) in [6.45, 7) is 6.89. The number of carbonyl (C=O) groups excluding carboxylic acids is 1. The van der Waals surface area contributed by atoms with E-state index in [-0.39, 0.29) is 25.5 Å². The molecule has 0 amide bonds. The third kappa shape index (κ3) is 4.42. The Bertz CT molecular complexity index is 414. The van der Waals surface area contributed by atoms with E-state index in [1.807, 2.05) is 32.9 Å². The molecule has 0 spiro atoms. The predicted molar refractivity (Wildman–Crippen MR) is 75.6 cm³/mol. The number of nitrogens with zero attached hydrogens (tertiary/aromatic N) is 1. The van der Waals surface area contributed by atoms with E-state index in [9.17, 15) is 4.79 Å². The lowest BCUT2D eigenvalue weighted by atomic mass is 9.96. The van der Waals surface area contributed by atoms with Gasteiger partial charge in [-0.2, -0.15) is 0 Å². The zero-order valence-corrected chi connectivity index (χ0v) is 11.9. The second-order valence-corrected chi connectivity index (χ2v) is 4.92. The highest BCUT2D eigenvalue weighted by Crippen LogP contribution is 2.17. The van der Waals surface area contributed by atoms with Gasteiger partial charge in [-0.3, -0.25) is 9.69 Å². The SMILES string of the molecule is Cc1cc(C)c(C(=O)CN(CCO)CCO)c(C)c1. The van der Waals surface area contributed by atoms with Gasteiger partial charge < -0.3 is 10.2 Å². The molecular weight excluding hydrogens is 242 g/mol. The zero-order valence-electron chi connectivity index (χ0n) is 11.9. The number of aliphatic hydroxyl groups is 2. The van der Waals surface area contributed by atoms with Gasteiger partial charge in [0, 0.05) is 18.7 Å². The fraction of sp³-hybridized carbons (Fsp3) is 0.533. The van der Waals surface area contributed by atoms with Crippen molar-refractivity contribution < 1.29 is 15.0 Å². The van der Waals surface area contributed by atoms with E-state index < -0.39 is 0 Å². The van der Waals surface area contributed by atoms with Crippen molar-refractivity contribution in [1.82, 2.24) is 4.90 Å². The Kier molecular flexibility index (Phi) is 6.15. The molecule has 0 saturated carbocycles. The van der Waals surface area contributed by atoms with Crippen molar-refractivity contribution in [3.63, 3.8) is 0 Å². The number of Topliss-reactive ketones (excluding diaryl/α,β-unsaturated/α-hetero) is 1. The molecule has 0 heterocycles. The van der Waals surface area contributed by atoms with Gasteiger partial charge in [0.1, 0.15) is 0 Å². The van der Waals surface area contributed by atoms with Crippen molar-refractivity contribution in [2.24, 2.45) is 0 Å². The van der Waals surface area contributed by atoms with Gasteiger partial charge >= 0.3 is 0 Å². The van der Waals surface area contributed by atoms with Crippen LogP contribution in [0.15, 0.2) is 12.1 Å². The van der Waals surface area contributed by atoms with Gasteiger partial charge in [0.05, 0.1) is 19.8 Å². The molecule has 0 aromatic heterocycles. The van der Waals surface area contributed by atoms with Crippen molar-refractivity contribution in [1.29, 1.82) is 0 Å². The van der Waals surface area contributed by atoms with E-state index in [1.165, 1.54) is 0 Å². The maximum absolute atomic E-state index is 12.4. The number of rotatable bonds is 7. The second-order valence-electron chi connectivity index (χ2n) is 4.92. The van der Waals surface area contributed by atoms with Crippen LogP contribution in [0.4, 0.5) is 0 Å². The quantitative estimate of drug-likeness (QED) is 0.724. The van der Waals surface area contributed by atoms with E-state index in [1.54, 1.807) is 4.90 Å². The number of hydrogen-bond acceptors (Lipinski definition) is 4. The van der Waals surface area contributed by atoms with Gasteiger partial charge in [-0.25, -0.2) is 0 Å². The molecule has 0 aliphatic heterocycles. The van der Waals surface area contributed by atoms with Crippen LogP contribution in [0.25, 0.3) is 0 Å². The molecule has 0 unspecified atom stereocenters. The molecule has 0 bridgehead atoms. The van der Waals surface area contributed by atoms with Crippen molar-refractivity contribution >= 4 is 5.78 Å². The van der Waals surface area contributed by atoms with Crippen LogP contribution in [0.5, 0.6) is 0 Å². The molecule has 0 aliphatic rings. The van der Waals surface area contributed by atoms with Crippen molar-refractivity contribution in [2.45, 2.75) is 20.8 Å². The molecule has 0 fully saturated rings. The van der Waals surface area contributed by atoms with Gasteiger partial charge in [0.25, 0.3) is 0 Å². The highest BCUT2D eigenvalue weighted by Gasteiger charge is 2.16. The molecule has 2 N–H and O–H groups in total. The summed E-state index contributed by atoms with van der Waals surface area (Å²) in [4.78, 5) is 14.1. The normalized spacial score (nSPS) is 11.1. The van der Waals surface area contributed by atoms with Crippen molar-refractivity contribution in [3.8, 4) is 0 Å². The number of benzene rings is 1. The molecule has 1 rings (SSSR count). The van der Waals surface area contributed by atoms with E-state index >= 15 is 0 Å².